The number of phenols is 1. The molecule has 1 aromatic carbocycles. The van der Waals surface area contributed by atoms with Crippen molar-refractivity contribution in [3.8, 4) is 5.75 Å². The van der Waals surface area contributed by atoms with E-state index in [-0.39, 0.29) is 32.3 Å². The Morgan fingerprint density at radius 1 is 1.23 bits per heavy atom. The minimum atomic E-state index is -0.193. The molecular weight excluding hydrogens is 373 g/mol. The molecule has 0 unspecified atom stereocenters. The second kappa shape index (κ2) is 8.15. The average Bonchev–Trinajstić information content (AvgIpc) is 3.40. The molecular formula is C19H25Cl2N3O2. The number of phenolic OH excluding ortho intramolecular Hbond substituents is 1. The molecule has 0 saturated heterocycles. The molecule has 5 nitrogen and oxygen atoms in total. The van der Waals surface area contributed by atoms with Crippen molar-refractivity contribution < 1.29 is 5.11 Å². The van der Waals surface area contributed by atoms with E-state index >= 15 is 0 Å². The molecule has 1 N–H and O–H groups in total. The number of aromatic hydroxyl groups is 1. The minimum absolute atomic E-state index is 0.110. The number of rotatable bonds is 8. The van der Waals surface area contributed by atoms with Gasteiger partial charge in [0.25, 0.3) is 5.56 Å². The summed E-state index contributed by atoms with van der Waals surface area (Å²) in [6.45, 7) is 7.38. The Balaban J connectivity index is 2.15. The monoisotopic (exact) mass is 397 g/mol. The first-order valence-electron chi connectivity index (χ1n) is 9.28. The van der Waals surface area contributed by atoms with Crippen LogP contribution in [0.1, 0.15) is 45.4 Å². The molecule has 1 aromatic heterocycles. The summed E-state index contributed by atoms with van der Waals surface area (Å²) in [5, 5.41) is 10.9. The summed E-state index contributed by atoms with van der Waals surface area (Å²) in [6.07, 6.45) is 4.33. The van der Waals surface area contributed by atoms with E-state index in [0.29, 0.717) is 24.8 Å². The molecule has 1 fully saturated rings. The maximum absolute atomic E-state index is 13.2. The zero-order valence-corrected chi connectivity index (χ0v) is 16.8. The standard InChI is InChI=1S/C19H25Cl2N3O2/c1-3-7-23(8-4-2)11-15-22-17-16(13(20)9-14(21)18(17)25)19(26)24(15)10-12-5-6-12/h9,12,25H,3-8,10-11H2,1-2H3. The Hall–Kier alpha value is -1.30. The van der Waals surface area contributed by atoms with Gasteiger partial charge in [-0.25, -0.2) is 4.98 Å². The first kappa shape index (κ1) is 19.5. The van der Waals surface area contributed by atoms with Gasteiger partial charge in [-0.2, -0.15) is 0 Å². The highest BCUT2D eigenvalue weighted by Gasteiger charge is 2.26. The van der Waals surface area contributed by atoms with Gasteiger partial charge in [0.2, 0.25) is 0 Å². The highest BCUT2D eigenvalue weighted by Crippen LogP contribution is 2.36. The van der Waals surface area contributed by atoms with Crippen LogP contribution in [-0.4, -0.2) is 32.6 Å². The number of benzene rings is 1. The third kappa shape index (κ3) is 4.00. The second-order valence-electron chi connectivity index (χ2n) is 7.08. The summed E-state index contributed by atoms with van der Waals surface area (Å²) in [5.74, 6) is 1.02. The van der Waals surface area contributed by atoms with Crippen LogP contribution >= 0.6 is 23.2 Å². The smallest absolute Gasteiger partial charge is 0.263 e. The van der Waals surface area contributed by atoms with Gasteiger partial charge in [-0.1, -0.05) is 37.0 Å². The van der Waals surface area contributed by atoms with Gasteiger partial charge in [0.05, 0.1) is 22.0 Å². The van der Waals surface area contributed by atoms with Crippen LogP contribution in [0, 0.1) is 5.92 Å². The molecule has 26 heavy (non-hydrogen) atoms. The summed E-state index contributed by atoms with van der Waals surface area (Å²) in [7, 11) is 0. The number of halogens is 2. The van der Waals surface area contributed by atoms with Gasteiger partial charge in [-0.15, -0.1) is 0 Å². The molecule has 0 bridgehead atoms. The maximum atomic E-state index is 13.2. The molecule has 1 heterocycles. The zero-order chi connectivity index (χ0) is 18.8. The summed E-state index contributed by atoms with van der Waals surface area (Å²) in [5.41, 5.74) is 0.00399. The fourth-order valence-corrected chi connectivity index (χ4v) is 3.85. The van der Waals surface area contributed by atoms with Crippen LogP contribution in [-0.2, 0) is 13.1 Å². The zero-order valence-electron chi connectivity index (χ0n) is 15.3. The fraction of sp³-hybridized carbons (Fsp3) is 0.579. The normalized spacial score (nSPS) is 14.5. The van der Waals surface area contributed by atoms with Gasteiger partial charge in [-0.05, 0) is 50.8 Å². The van der Waals surface area contributed by atoms with Crippen molar-refractivity contribution in [2.75, 3.05) is 13.1 Å². The van der Waals surface area contributed by atoms with Gasteiger partial charge in [0.15, 0.2) is 5.75 Å². The van der Waals surface area contributed by atoms with Crippen LogP contribution < -0.4 is 5.56 Å². The molecule has 1 aliphatic carbocycles. The second-order valence-corrected chi connectivity index (χ2v) is 7.89. The van der Waals surface area contributed by atoms with Crippen LogP contribution in [0.2, 0.25) is 10.0 Å². The SMILES string of the molecule is CCCN(CCC)Cc1nc2c(O)c(Cl)cc(Cl)c2c(=O)n1CC1CC1. The lowest BCUT2D eigenvalue weighted by Gasteiger charge is -2.23. The van der Waals surface area contributed by atoms with E-state index in [1.165, 1.54) is 6.07 Å². The van der Waals surface area contributed by atoms with Crippen LogP contribution in [0.4, 0.5) is 0 Å². The average molecular weight is 398 g/mol. The third-order valence-electron chi connectivity index (χ3n) is 4.77. The van der Waals surface area contributed by atoms with E-state index in [1.807, 2.05) is 0 Å². The lowest BCUT2D eigenvalue weighted by molar-refractivity contribution is 0.254. The minimum Gasteiger partial charge on any atom is -0.504 e. The van der Waals surface area contributed by atoms with Crippen LogP contribution in [0.5, 0.6) is 5.75 Å². The number of hydrogen-bond donors (Lipinski definition) is 1. The Bertz CT molecular complexity index is 856. The van der Waals surface area contributed by atoms with Gasteiger partial charge in [0, 0.05) is 6.54 Å². The van der Waals surface area contributed by atoms with Crippen LogP contribution in [0.3, 0.4) is 0 Å². The van der Waals surface area contributed by atoms with Crippen LogP contribution in [0.15, 0.2) is 10.9 Å². The van der Waals surface area contributed by atoms with Gasteiger partial charge in [-0.3, -0.25) is 14.3 Å². The molecule has 7 heteroatoms. The number of nitrogens with zero attached hydrogens (tertiary/aromatic N) is 3. The van der Waals surface area contributed by atoms with Crippen molar-refractivity contribution in [1.82, 2.24) is 14.5 Å². The first-order chi connectivity index (χ1) is 12.5. The van der Waals surface area contributed by atoms with Gasteiger partial charge in [0.1, 0.15) is 11.3 Å². The Kier molecular flexibility index (Phi) is 6.10. The van der Waals surface area contributed by atoms with Crippen molar-refractivity contribution in [1.29, 1.82) is 0 Å². The Morgan fingerprint density at radius 2 is 1.88 bits per heavy atom. The van der Waals surface area contributed by atoms with E-state index in [1.54, 1.807) is 4.57 Å². The first-order valence-corrected chi connectivity index (χ1v) is 10.0. The quantitative estimate of drug-likeness (QED) is 0.714. The lowest BCUT2D eigenvalue weighted by Crippen LogP contribution is -2.32. The molecule has 0 aliphatic heterocycles. The molecule has 0 radical (unpaired) electrons. The van der Waals surface area contributed by atoms with Crippen molar-refractivity contribution in [2.45, 2.75) is 52.6 Å². The summed E-state index contributed by atoms with van der Waals surface area (Å²) in [4.78, 5) is 20.1. The summed E-state index contributed by atoms with van der Waals surface area (Å²) < 4.78 is 1.75. The molecule has 0 atom stereocenters. The predicted molar refractivity (Wildman–Crippen MR) is 106 cm³/mol. The van der Waals surface area contributed by atoms with E-state index < -0.39 is 0 Å². The van der Waals surface area contributed by atoms with Gasteiger partial charge >= 0.3 is 0 Å². The molecule has 1 saturated carbocycles. The van der Waals surface area contributed by atoms with Crippen molar-refractivity contribution in [2.24, 2.45) is 5.92 Å². The number of fused-ring (bicyclic) bond motifs is 1. The third-order valence-corrected chi connectivity index (χ3v) is 5.36. The molecule has 1 aliphatic rings. The maximum Gasteiger partial charge on any atom is 0.263 e. The fourth-order valence-electron chi connectivity index (χ4n) is 3.32. The lowest BCUT2D eigenvalue weighted by atomic mass is 10.2. The molecule has 0 spiro atoms. The number of hydrogen-bond acceptors (Lipinski definition) is 4. The Labute approximate surface area is 163 Å². The van der Waals surface area contributed by atoms with E-state index in [4.69, 9.17) is 23.2 Å². The van der Waals surface area contributed by atoms with E-state index in [0.717, 1.165) is 38.8 Å². The van der Waals surface area contributed by atoms with Crippen molar-refractivity contribution in [3.63, 3.8) is 0 Å². The summed E-state index contributed by atoms with van der Waals surface area (Å²) in [6, 6.07) is 1.41. The molecule has 3 rings (SSSR count). The number of aromatic nitrogens is 2. The molecule has 2 aromatic rings. The van der Waals surface area contributed by atoms with E-state index in [9.17, 15) is 9.90 Å². The van der Waals surface area contributed by atoms with Crippen molar-refractivity contribution in [3.05, 3.63) is 32.3 Å². The largest absolute Gasteiger partial charge is 0.504 e. The molecule has 142 valence electrons. The highest BCUT2D eigenvalue weighted by atomic mass is 35.5. The molecule has 0 amide bonds. The topological polar surface area (TPSA) is 58.4 Å². The van der Waals surface area contributed by atoms with Crippen LogP contribution in [0.25, 0.3) is 10.9 Å². The van der Waals surface area contributed by atoms with Crippen molar-refractivity contribution >= 4 is 34.1 Å². The van der Waals surface area contributed by atoms with E-state index in [2.05, 4.69) is 23.7 Å². The Morgan fingerprint density at radius 3 is 2.46 bits per heavy atom. The highest BCUT2D eigenvalue weighted by molar-refractivity contribution is 6.39. The predicted octanol–water partition coefficient (Wildman–Crippen LogP) is 4.44. The van der Waals surface area contributed by atoms with Gasteiger partial charge < -0.3 is 5.11 Å². The summed E-state index contributed by atoms with van der Waals surface area (Å²) >= 11 is 12.3.